The predicted molar refractivity (Wildman–Crippen MR) is 235 cm³/mol. The second-order valence-electron chi connectivity index (χ2n) is 14.1. The number of anilines is 3. The lowest BCUT2D eigenvalue weighted by Crippen LogP contribution is -2.11. The van der Waals surface area contributed by atoms with E-state index in [1.54, 1.807) is 0 Å². The van der Waals surface area contributed by atoms with Crippen LogP contribution in [0.4, 0.5) is 17.1 Å². The Morgan fingerprint density at radius 1 is 0.315 bits per heavy atom. The second-order valence-corrected chi connectivity index (χ2v) is 15.2. The normalized spacial score (nSPS) is 11.7. The molecule has 11 aromatic rings. The summed E-state index contributed by atoms with van der Waals surface area (Å²) < 4.78 is 2.67. The van der Waals surface area contributed by atoms with Crippen LogP contribution < -0.4 is 4.90 Å². The molecule has 0 bridgehead atoms. The molecule has 0 amide bonds. The van der Waals surface area contributed by atoms with Gasteiger partial charge in [0.1, 0.15) is 0 Å². The van der Waals surface area contributed by atoms with Gasteiger partial charge in [-0.2, -0.15) is 0 Å². The first kappa shape index (κ1) is 30.8. The SMILES string of the molecule is c1ccc(-c2ccc(N(c3ccc4c(ccc5c6ccccc6sc45)c3)c3cc(-c4cc5ccccc5c5ccccc45)cc4ccccc34)cc2)cc1. The Morgan fingerprint density at radius 3 is 1.72 bits per heavy atom. The molecular weight excluding hydrogens is 671 g/mol. The van der Waals surface area contributed by atoms with Gasteiger partial charge in [0.05, 0.1) is 5.69 Å². The van der Waals surface area contributed by atoms with E-state index in [0.29, 0.717) is 0 Å². The molecule has 0 aliphatic rings. The van der Waals surface area contributed by atoms with Crippen molar-refractivity contribution < 1.29 is 0 Å². The molecule has 0 saturated carbocycles. The Kier molecular flexibility index (Phi) is 7.11. The summed E-state index contributed by atoms with van der Waals surface area (Å²) in [5.74, 6) is 0. The number of fused-ring (bicyclic) bond motifs is 9. The topological polar surface area (TPSA) is 3.24 Å². The van der Waals surface area contributed by atoms with E-state index in [2.05, 4.69) is 205 Å². The third-order valence-corrected chi connectivity index (χ3v) is 12.2. The fraction of sp³-hybridized carbons (Fsp3) is 0. The quantitative estimate of drug-likeness (QED) is 0.161. The van der Waals surface area contributed by atoms with E-state index in [1.165, 1.54) is 85.5 Å². The number of benzene rings is 10. The van der Waals surface area contributed by atoms with Crippen LogP contribution in [0.25, 0.3) is 85.5 Å². The fourth-order valence-corrected chi connectivity index (χ4v) is 9.66. The Hall–Kier alpha value is -6.74. The van der Waals surface area contributed by atoms with Crippen molar-refractivity contribution in [1.29, 1.82) is 0 Å². The summed E-state index contributed by atoms with van der Waals surface area (Å²) in [6, 6.07) is 73.6. The van der Waals surface area contributed by atoms with E-state index in [9.17, 15) is 0 Å². The highest BCUT2D eigenvalue weighted by molar-refractivity contribution is 7.26. The molecule has 0 unspecified atom stereocenters. The molecule has 0 spiro atoms. The highest BCUT2D eigenvalue weighted by Gasteiger charge is 2.20. The van der Waals surface area contributed by atoms with Crippen molar-refractivity contribution in [2.45, 2.75) is 0 Å². The standard InChI is InChI=1S/C52H33NS/c1-2-12-34(13-3-1)35-22-25-40(26-23-35)53(41-27-29-44-38(31-41)24-28-48-47-20-10-11-21-51(47)54-52(44)48)50-33-39(30-36-14-5-7-17-43(36)50)49-32-37-15-4-6-16-42(37)45-18-8-9-19-46(45)49/h1-33H. The molecule has 1 heterocycles. The molecule has 11 rings (SSSR count). The molecule has 54 heavy (non-hydrogen) atoms. The van der Waals surface area contributed by atoms with Crippen molar-refractivity contribution in [3.05, 3.63) is 200 Å². The molecule has 0 aliphatic carbocycles. The lowest BCUT2D eigenvalue weighted by Gasteiger charge is -2.28. The van der Waals surface area contributed by atoms with E-state index >= 15 is 0 Å². The van der Waals surface area contributed by atoms with Crippen molar-refractivity contribution in [3.63, 3.8) is 0 Å². The average Bonchev–Trinajstić information content (AvgIpc) is 3.63. The van der Waals surface area contributed by atoms with E-state index in [1.807, 2.05) is 11.3 Å². The molecule has 0 fully saturated rings. The smallest absolute Gasteiger partial charge is 0.0546 e. The van der Waals surface area contributed by atoms with Crippen molar-refractivity contribution in [3.8, 4) is 22.3 Å². The Balaban J connectivity index is 1.16. The second kappa shape index (κ2) is 12.4. The number of hydrogen-bond donors (Lipinski definition) is 0. The molecule has 1 aromatic heterocycles. The summed E-state index contributed by atoms with van der Waals surface area (Å²) >= 11 is 1.89. The highest BCUT2D eigenvalue weighted by Crippen LogP contribution is 2.46. The van der Waals surface area contributed by atoms with Gasteiger partial charge in [-0.15, -0.1) is 11.3 Å². The summed E-state index contributed by atoms with van der Waals surface area (Å²) in [5, 5.41) is 12.7. The van der Waals surface area contributed by atoms with E-state index in [-0.39, 0.29) is 0 Å². The highest BCUT2D eigenvalue weighted by atomic mass is 32.1. The lowest BCUT2D eigenvalue weighted by molar-refractivity contribution is 1.30. The van der Waals surface area contributed by atoms with Crippen LogP contribution in [0.15, 0.2) is 200 Å². The van der Waals surface area contributed by atoms with Gasteiger partial charge in [-0.1, -0.05) is 152 Å². The van der Waals surface area contributed by atoms with Gasteiger partial charge in [-0.3, -0.25) is 0 Å². The molecule has 0 aliphatic heterocycles. The molecule has 252 valence electrons. The molecule has 2 heteroatoms. The average molecular weight is 704 g/mol. The van der Waals surface area contributed by atoms with Crippen LogP contribution >= 0.6 is 11.3 Å². The minimum absolute atomic E-state index is 1.11. The van der Waals surface area contributed by atoms with Crippen molar-refractivity contribution in [2.75, 3.05) is 4.90 Å². The zero-order chi connectivity index (χ0) is 35.6. The van der Waals surface area contributed by atoms with Crippen LogP contribution in [0.2, 0.25) is 0 Å². The van der Waals surface area contributed by atoms with Gasteiger partial charge in [0.15, 0.2) is 0 Å². The van der Waals surface area contributed by atoms with Crippen molar-refractivity contribution in [1.82, 2.24) is 0 Å². The van der Waals surface area contributed by atoms with Crippen molar-refractivity contribution in [2.24, 2.45) is 0 Å². The van der Waals surface area contributed by atoms with Gasteiger partial charge in [-0.05, 0) is 108 Å². The lowest BCUT2D eigenvalue weighted by atomic mass is 9.91. The van der Waals surface area contributed by atoms with E-state index < -0.39 is 0 Å². The summed E-state index contributed by atoms with van der Waals surface area (Å²) in [5.41, 5.74) is 8.24. The third kappa shape index (κ3) is 4.99. The Bertz CT molecular complexity index is 3210. The number of thiophene rings is 1. The third-order valence-electron chi connectivity index (χ3n) is 11.0. The largest absolute Gasteiger partial charge is 0.310 e. The van der Waals surface area contributed by atoms with Crippen LogP contribution in [-0.4, -0.2) is 0 Å². The summed E-state index contributed by atoms with van der Waals surface area (Å²) in [7, 11) is 0. The maximum Gasteiger partial charge on any atom is 0.0546 e. The van der Waals surface area contributed by atoms with Crippen molar-refractivity contribution >= 4 is 91.7 Å². The van der Waals surface area contributed by atoms with Gasteiger partial charge in [0.2, 0.25) is 0 Å². The van der Waals surface area contributed by atoms with Crippen LogP contribution in [0.1, 0.15) is 0 Å². The first-order valence-electron chi connectivity index (χ1n) is 18.5. The zero-order valence-corrected chi connectivity index (χ0v) is 30.2. The van der Waals surface area contributed by atoms with Crippen LogP contribution in [0.3, 0.4) is 0 Å². The summed E-state index contributed by atoms with van der Waals surface area (Å²) in [6.07, 6.45) is 0. The molecule has 1 nitrogen and oxygen atoms in total. The predicted octanol–water partition coefficient (Wildman–Crippen LogP) is 15.5. The van der Waals surface area contributed by atoms with Gasteiger partial charge < -0.3 is 4.90 Å². The number of rotatable bonds is 5. The maximum absolute atomic E-state index is 2.46. The first-order chi connectivity index (χ1) is 26.8. The Labute approximate surface area is 317 Å². The minimum atomic E-state index is 1.11. The fourth-order valence-electron chi connectivity index (χ4n) is 8.42. The Morgan fingerprint density at radius 2 is 0.907 bits per heavy atom. The molecular formula is C52H33NS. The summed E-state index contributed by atoms with van der Waals surface area (Å²) in [4.78, 5) is 2.46. The first-order valence-corrected chi connectivity index (χ1v) is 19.3. The van der Waals surface area contributed by atoms with Gasteiger partial charge in [0.25, 0.3) is 0 Å². The molecule has 0 saturated heterocycles. The van der Waals surface area contributed by atoms with Crippen LogP contribution in [-0.2, 0) is 0 Å². The van der Waals surface area contributed by atoms with Gasteiger partial charge >= 0.3 is 0 Å². The molecule has 0 N–H and O–H groups in total. The monoisotopic (exact) mass is 703 g/mol. The zero-order valence-electron chi connectivity index (χ0n) is 29.4. The molecule has 0 radical (unpaired) electrons. The van der Waals surface area contributed by atoms with Gasteiger partial charge in [-0.25, -0.2) is 0 Å². The molecule has 0 atom stereocenters. The number of hydrogen-bond acceptors (Lipinski definition) is 2. The number of nitrogens with zero attached hydrogens (tertiary/aromatic N) is 1. The van der Waals surface area contributed by atoms with Gasteiger partial charge in [0, 0.05) is 36.9 Å². The summed E-state index contributed by atoms with van der Waals surface area (Å²) in [6.45, 7) is 0. The van der Waals surface area contributed by atoms with E-state index in [0.717, 1.165) is 17.1 Å². The van der Waals surface area contributed by atoms with E-state index in [4.69, 9.17) is 0 Å². The van der Waals surface area contributed by atoms with Crippen LogP contribution in [0, 0.1) is 0 Å². The maximum atomic E-state index is 2.46. The van der Waals surface area contributed by atoms with Crippen LogP contribution in [0.5, 0.6) is 0 Å². The molecule has 10 aromatic carbocycles. The minimum Gasteiger partial charge on any atom is -0.310 e.